The minimum absolute atomic E-state index is 0.225. The van der Waals surface area contributed by atoms with E-state index in [1.807, 2.05) is 0 Å². The highest BCUT2D eigenvalue weighted by molar-refractivity contribution is 6.54. The van der Waals surface area contributed by atoms with Crippen LogP contribution in [0.4, 0.5) is 6.01 Å². The lowest BCUT2D eigenvalue weighted by Crippen LogP contribution is -2.41. The van der Waals surface area contributed by atoms with Crippen molar-refractivity contribution in [2.45, 2.75) is 71.1 Å². The van der Waals surface area contributed by atoms with Gasteiger partial charge in [0.15, 0.2) is 0 Å². The first-order valence-electron chi connectivity index (χ1n) is 7.88. The molecule has 1 fully saturated rings. The molecule has 2 aliphatic rings. The normalized spacial score (nSPS) is 26.9. The molecule has 1 aliphatic carbocycles. The van der Waals surface area contributed by atoms with Crippen LogP contribution in [0.3, 0.4) is 0 Å². The summed E-state index contributed by atoms with van der Waals surface area (Å²) in [4.78, 5) is 0. The lowest BCUT2D eigenvalue weighted by molar-refractivity contribution is 0.00578. The monoisotopic (exact) mass is 305 g/mol. The average molecular weight is 305 g/mol. The van der Waals surface area contributed by atoms with Gasteiger partial charge in [-0.3, -0.25) is 0 Å². The van der Waals surface area contributed by atoms with Gasteiger partial charge in [-0.25, -0.2) is 0 Å². The van der Waals surface area contributed by atoms with E-state index in [0.717, 1.165) is 19.3 Å². The number of hydrogen-bond acceptors (Lipinski definition) is 6. The molecule has 0 spiro atoms. The van der Waals surface area contributed by atoms with E-state index in [0.29, 0.717) is 17.9 Å². The molecular weight excluding hydrogens is 281 g/mol. The molecule has 120 valence electrons. The molecule has 1 saturated heterocycles. The average Bonchev–Trinajstić information content (AvgIpc) is 2.92. The maximum atomic E-state index is 6.11. The van der Waals surface area contributed by atoms with E-state index < -0.39 is 0 Å². The first-order chi connectivity index (χ1) is 10.3. The molecule has 7 heteroatoms. The molecule has 0 bridgehead atoms. The third-order valence-corrected chi connectivity index (χ3v) is 4.86. The van der Waals surface area contributed by atoms with Gasteiger partial charge in [-0.15, -0.1) is 5.10 Å². The van der Waals surface area contributed by atoms with Crippen molar-refractivity contribution in [3.63, 3.8) is 0 Å². The van der Waals surface area contributed by atoms with Gasteiger partial charge in [0.05, 0.1) is 11.2 Å². The number of hydrogen-bond donors (Lipinski definition) is 1. The highest BCUT2D eigenvalue weighted by atomic mass is 16.7. The Kier molecular flexibility index (Phi) is 3.81. The Morgan fingerprint density at radius 2 is 1.86 bits per heavy atom. The van der Waals surface area contributed by atoms with Crippen molar-refractivity contribution in [1.29, 1.82) is 0 Å². The minimum atomic E-state index is -0.283. The first-order valence-corrected chi connectivity index (χ1v) is 7.88. The number of nitrogens with one attached hydrogen (secondary N) is 1. The van der Waals surface area contributed by atoms with Crippen molar-refractivity contribution in [3.8, 4) is 0 Å². The van der Waals surface area contributed by atoms with Gasteiger partial charge in [-0.1, -0.05) is 11.2 Å². The fourth-order valence-electron chi connectivity index (χ4n) is 2.72. The molecule has 1 N–H and O–H groups in total. The smallest absolute Gasteiger partial charge is 0.408 e. The Balaban J connectivity index is 1.60. The number of anilines is 1. The summed E-state index contributed by atoms with van der Waals surface area (Å²) in [6, 6.07) is 0.806. The molecule has 0 radical (unpaired) electrons. The lowest BCUT2D eigenvalue weighted by Gasteiger charge is -2.32. The van der Waals surface area contributed by atoms with Crippen LogP contribution in [-0.4, -0.2) is 34.6 Å². The van der Waals surface area contributed by atoms with Crippen molar-refractivity contribution in [3.05, 3.63) is 17.4 Å². The van der Waals surface area contributed by atoms with Crippen molar-refractivity contribution in [2.24, 2.45) is 0 Å². The van der Waals surface area contributed by atoms with Crippen LogP contribution in [0.25, 0.3) is 0 Å². The minimum Gasteiger partial charge on any atom is -0.408 e. The summed E-state index contributed by atoms with van der Waals surface area (Å²) >= 11 is 0. The Morgan fingerprint density at radius 3 is 2.36 bits per heavy atom. The van der Waals surface area contributed by atoms with Crippen LogP contribution in [-0.2, 0) is 9.31 Å². The van der Waals surface area contributed by atoms with E-state index in [2.05, 4.69) is 49.3 Å². The Labute approximate surface area is 131 Å². The van der Waals surface area contributed by atoms with Gasteiger partial charge in [-0.2, -0.15) is 0 Å². The number of aryl methyl sites for hydroxylation is 1. The summed E-state index contributed by atoms with van der Waals surface area (Å²) in [5.41, 5.74) is 0.669. The second-order valence-corrected chi connectivity index (χ2v) is 7.11. The van der Waals surface area contributed by atoms with Crippen molar-refractivity contribution in [2.75, 3.05) is 5.32 Å². The van der Waals surface area contributed by atoms with Crippen molar-refractivity contribution >= 4 is 13.1 Å². The summed E-state index contributed by atoms with van der Waals surface area (Å²) in [6.45, 7) is 10.1. The third-order valence-electron chi connectivity index (χ3n) is 4.86. The topological polar surface area (TPSA) is 69.4 Å². The molecule has 1 aliphatic heterocycles. The van der Waals surface area contributed by atoms with Gasteiger partial charge < -0.3 is 19.0 Å². The van der Waals surface area contributed by atoms with Crippen molar-refractivity contribution in [1.82, 2.24) is 10.2 Å². The molecule has 3 rings (SSSR count). The van der Waals surface area contributed by atoms with Crippen molar-refractivity contribution < 1.29 is 13.7 Å². The van der Waals surface area contributed by atoms with Crippen LogP contribution in [0.1, 0.15) is 52.8 Å². The number of rotatable bonds is 3. The van der Waals surface area contributed by atoms with Crippen LogP contribution in [0.15, 0.2) is 16.0 Å². The maximum Gasteiger partial charge on any atom is 0.490 e. The van der Waals surface area contributed by atoms with Crippen LogP contribution in [0.2, 0.25) is 0 Å². The predicted octanol–water partition coefficient (Wildman–Crippen LogP) is 2.90. The summed E-state index contributed by atoms with van der Waals surface area (Å²) in [6.07, 6.45) is 5.06. The molecule has 2 heterocycles. The number of allylic oxidation sites excluding steroid dienone is 1. The largest absolute Gasteiger partial charge is 0.490 e. The molecule has 0 aromatic carbocycles. The highest BCUT2D eigenvalue weighted by Gasteiger charge is 2.52. The molecule has 1 atom stereocenters. The third kappa shape index (κ3) is 2.92. The predicted molar refractivity (Wildman–Crippen MR) is 84.5 cm³/mol. The van der Waals surface area contributed by atoms with E-state index in [4.69, 9.17) is 13.7 Å². The highest BCUT2D eigenvalue weighted by Crippen LogP contribution is 2.40. The summed E-state index contributed by atoms with van der Waals surface area (Å²) < 4.78 is 17.6. The maximum absolute atomic E-state index is 6.11. The standard InChI is InChI=1S/C15H24BN3O3/c1-10-18-19-13(20-10)17-12-8-6-11(7-9-12)16-21-14(2,3)15(4,5)22-16/h6,12H,7-9H2,1-5H3,(H,17,19). The second-order valence-electron chi connectivity index (χ2n) is 7.11. The molecule has 1 aromatic rings. The summed E-state index contributed by atoms with van der Waals surface area (Å²) in [5.74, 6) is 0.576. The van der Waals surface area contributed by atoms with E-state index in [9.17, 15) is 0 Å². The van der Waals surface area contributed by atoms with Gasteiger partial charge in [-0.05, 0) is 52.4 Å². The van der Waals surface area contributed by atoms with Crippen LogP contribution in [0.5, 0.6) is 0 Å². The van der Waals surface area contributed by atoms with Crippen LogP contribution >= 0.6 is 0 Å². The van der Waals surface area contributed by atoms with Gasteiger partial charge in [0.2, 0.25) is 5.89 Å². The van der Waals surface area contributed by atoms with E-state index in [1.165, 1.54) is 5.47 Å². The molecule has 1 unspecified atom stereocenters. The zero-order valence-electron chi connectivity index (χ0n) is 14.0. The van der Waals surface area contributed by atoms with Crippen LogP contribution in [0, 0.1) is 6.92 Å². The fraction of sp³-hybridized carbons (Fsp3) is 0.733. The van der Waals surface area contributed by atoms with E-state index >= 15 is 0 Å². The summed E-state index contributed by atoms with van der Waals surface area (Å²) in [5, 5.41) is 11.1. The molecular formula is C15H24BN3O3. The lowest BCUT2D eigenvalue weighted by atomic mass is 9.72. The quantitative estimate of drug-likeness (QED) is 0.866. The molecule has 0 amide bonds. The first kappa shape index (κ1) is 15.6. The Hall–Kier alpha value is -1.34. The molecule has 0 saturated carbocycles. The molecule has 1 aromatic heterocycles. The van der Waals surface area contributed by atoms with E-state index in [1.54, 1.807) is 6.92 Å². The number of aromatic nitrogens is 2. The molecule has 22 heavy (non-hydrogen) atoms. The SMILES string of the molecule is Cc1nnc(NC2CC=C(B3OC(C)(C)C(C)(C)O3)CC2)o1. The fourth-order valence-corrected chi connectivity index (χ4v) is 2.72. The van der Waals surface area contributed by atoms with E-state index in [-0.39, 0.29) is 18.3 Å². The van der Waals surface area contributed by atoms with Gasteiger partial charge >= 0.3 is 13.1 Å². The Bertz CT molecular complexity index is 566. The zero-order valence-corrected chi connectivity index (χ0v) is 14.0. The number of nitrogens with zero attached hydrogens (tertiary/aromatic N) is 2. The van der Waals surface area contributed by atoms with Gasteiger partial charge in [0, 0.05) is 13.0 Å². The van der Waals surface area contributed by atoms with Crippen LogP contribution < -0.4 is 5.32 Å². The second kappa shape index (κ2) is 5.39. The summed E-state index contributed by atoms with van der Waals surface area (Å²) in [7, 11) is -0.225. The Morgan fingerprint density at radius 1 is 1.18 bits per heavy atom. The van der Waals surface area contributed by atoms with Gasteiger partial charge in [0.25, 0.3) is 0 Å². The van der Waals surface area contributed by atoms with Gasteiger partial charge in [0.1, 0.15) is 0 Å². The molecule has 6 nitrogen and oxygen atoms in total. The zero-order chi connectivity index (χ0) is 16.0.